The highest BCUT2D eigenvalue weighted by Crippen LogP contribution is 2.20. The van der Waals surface area contributed by atoms with Gasteiger partial charge in [0, 0.05) is 10.6 Å². The van der Waals surface area contributed by atoms with Gasteiger partial charge in [-0.3, -0.25) is 9.59 Å². The summed E-state index contributed by atoms with van der Waals surface area (Å²) < 4.78 is 5.55. The Bertz CT molecular complexity index is 525. The third-order valence-corrected chi connectivity index (χ3v) is 3.06. The highest BCUT2D eigenvalue weighted by Gasteiger charge is 2.32. The van der Waals surface area contributed by atoms with Crippen LogP contribution in [0.1, 0.15) is 27.7 Å². The molecule has 0 radical (unpaired) electrons. The van der Waals surface area contributed by atoms with Crippen LogP contribution in [-0.2, 0) is 9.59 Å². The minimum atomic E-state index is -1.06. The van der Waals surface area contributed by atoms with Crippen LogP contribution < -0.4 is 4.74 Å². The number of ether oxygens (including phenoxy) is 1. The van der Waals surface area contributed by atoms with Crippen molar-refractivity contribution in [1.82, 2.24) is 4.90 Å². The molecule has 0 saturated heterocycles. The molecule has 1 amide bonds. The van der Waals surface area contributed by atoms with Crippen molar-refractivity contribution in [2.24, 2.45) is 0 Å². The van der Waals surface area contributed by atoms with Crippen molar-refractivity contribution in [3.8, 4) is 5.75 Å². The maximum absolute atomic E-state index is 12.4. The Kier molecular flexibility index (Phi) is 5.61. The van der Waals surface area contributed by atoms with Crippen molar-refractivity contribution in [2.75, 3.05) is 6.54 Å². The lowest BCUT2D eigenvalue weighted by Crippen LogP contribution is -2.52. The van der Waals surface area contributed by atoms with E-state index in [9.17, 15) is 9.59 Å². The molecular weight excluding hydrogens is 294 g/mol. The van der Waals surface area contributed by atoms with Crippen LogP contribution in [0.2, 0.25) is 5.02 Å². The molecule has 0 aliphatic heterocycles. The SMILES string of the molecule is CC(Oc1cccc(Cl)c1)C(=O)N(CC(=O)O)C(C)(C)C. The Hall–Kier alpha value is -1.75. The molecule has 116 valence electrons. The maximum atomic E-state index is 12.4. The molecule has 1 aromatic rings. The van der Waals surface area contributed by atoms with Crippen molar-refractivity contribution in [3.63, 3.8) is 0 Å². The van der Waals surface area contributed by atoms with E-state index < -0.39 is 17.6 Å². The van der Waals surface area contributed by atoms with Gasteiger partial charge in [-0.2, -0.15) is 0 Å². The van der Waals surface area contributed by atoms with E-state index in [1.165, 1.54) is 4.90 Å². The number of carbonyl (C=O) groups excluding carboxylic acids is 1. The van der Waals surface area contributed by atoms with E-state index >= 15 is 0 Å². The van der Waals surface area contributed by atoms with E-state index in [1.807, 2.05) is 0 Å². The number of amides is 1. The third kappa shape index (κ3) is 5.27. The molecule has 1 N–H and O–H groups in total. The fourth-order valence-corrected chi connectivity index (χ4v) is 1.98. The predicted octanol–water partition coefficient (Wildman–Crippen LogP) is 2.82. The van der Waals surface area contributed by atoms with Gasteiger partial charge in [0.15, 0.2) is 6.10 Å². The van der Waals surface area contributed by atoms with Crippen molar-refractivity contribution < 1.29 is 19.4 Å². The molecule has 0 aliphatic rings. The maximum Gasteiger partial charge on any atom is 0.323 e. The Balaban J connectivity index is 2.85. The highest BCUT2D eigenvalue weighted by atomic mass is 35.5. The summed E-state index contributed by atoms with van der Waals surface area (Å²) in [7, 11) is 0. The molecule has 0 heterocycles. The molecule has 0 bridgehead atoms. The van der Waals surface area contributed by atoms with Crippen molar-refractivity contribution >= 4 is 23.5 Å². The summed E-state index contributed by atoms with van der Waals surface area (Å²) in [5.41, 5.74) is -0.610. The minimum absolute atomic E-state index is 0.369. The lowest BCUT2D eigenvalue weighted by molar-refractivity contribution is -0.151. The second-order valence-electron chi connectivity index (χ2n) is 5.71. The summed E-state index contributed by atoms with van der Waals surface area (Å²) >= 11 is 5.86. The van der Waals surface area contributed by atoms with Gasteiger partial charge in [-0.05, 0) is 45.9 Å². The highest BCUT2D eigenvalue weighted by molar-refractivity contribution is 6.30. The molecule has 0 fully saturated rings. The van der Waals surface area contributed by atoms with Crippen molar-refractivity contribution in [1.29, 1.82) is 0 Å². The fourth-order valence-electron chi connectivity index (χ4n) is 1.80. The largest absolute Gasteiger partial charge is 0.481 e. The van der Waals surface area contributed by atoms with Gasteiger partial charge < -0.3 is 14.7 Å². The van der Waals surface area contributed by atoms with Gasteiger partial charge in [-0.1, -0.05) is 17.7 Å². The summed E-state index contributed by atoms with van der Waals surface area (Å²) in [6.07, 6.45) is -0.804. The van der Waals surface area contributed by atoms with Gasteiger partial charge in [0.25, 0.3) is 5.91 Å². The Morgan fingerprint density at radius 3 is 2.48 bits per heavy atom. The first-order valence-corrected chi connectivity index (χ1v) is 6.94. The lowest BCUT2D eigenvalue weighted by atomic mass is 10.0. The molecule has 0 aliphatic carbocycles. The van der Waals surface area contributed by atoms with Crippen molar-refractivity contribution in [2.45, 2.75) is 39.3 Å². The van der Waals surface area contributed by atoms with E-state index in [2.05, 4.69) is 0 Å². The second kappa shape index (κ2) is 6.80. The number of benzene rings is 1. The van der Waals surface area contributed by atoms with Gasteiger partial charge in [0.05, 0.1) is 0 Å². The number of hydrogen-bond acceptors (Lipinski definition) is 3. The number of carboxylic acids is 1. The zero-order chi connectivity index (χ0) is 16.2. The van der Waals surface area contributed by atoms with Crippen LogP contribution in [0.5, 0.6) is 5.75 Å². The second-order valence-corrected chi connectivity index (χ2v) is 6.14. The van der Waals surface area contributed by atoms with Crippen LogP contribution in [0.15, 0.2) is 24.3 Å². The molecule has 1 aromatic carbocycles. The number of rotatable bonds is 5. The monoisotopic (exact) mass is 313 g/mol. The number of hydrogen-bond donors (Lipinski definition) is 1. The zero-order valence-corrected chi connectivity index (χ0v) is 13.3. The van der Waals surface area contributed by atoms with E-state index in [1.54, 1.807) is 52.0 Å². The Morgan fingerprint density at radius 2 is 2.00 bits per heavy atom. The van der Waals surface area contributed by atoms with Crippen LogP contribution in [-0.4, -0.2) is 40.1 Å². The average Bonchev–Trinajstić information content (AvgIpc) is 2.33. The first kappa shape index (κ1) is 17.3. The minimum Gasteiger partial charge on any atom is -0.481 e. The summed E-state index contributed by atoms with van der Waals surface area (Å²) in [5.74, 6) is -0.981. The molecule has 1 atom stereocenters. The predicted molar refractivity (Wildman–Crippen MR) is 80.6 cm³/mol. The van der Waals surface area contributed by atoms with Crippen LogP contribution in [0.25, 0.3) is 0 Å². The normalized spacial score (nSPS) is 12.6. The lowest BCUT2D eigenvalue weighted by Gasteiger charge is -2.36. The molecule has 1 unspecified atom stereocenters. The van der Waals surface area contributed by atoms with Crippen LogP contribution in [0, 0.1) is 0 Å². The smallest absolute Gasteiger partial charge is 0.323 e. The van der Waals surface area contributed by atoms with Crippen LogP contribution in [0.4, 0.5) is 0 Å². The first-order chi connectivity index (χ1) is 9.61. The number of carboxylic acid groups (broad SMARTS) is 1. The molecular formula is C15H20ClNO4. The van der Waals surface area contributed by atoms with Gasteiger partial charge in [-0.15, -0.1) is 0 Å². The van der Waals surface area contributed by atoms with Gasteiger partial charge in [-0.25, -0.2) is 0 Å². The average molecular weight is 314 g/mol. The number of carbonyl (C=O) groups is 2. The van der Waals surface area contributed by atoms with Gasteiger partial charge in [0.1, 0.15) is 12.3 Å². The molecule has 1 rings (SSSR count). The van der Waals surface area contributed by atoms with Crippen LogP contribution in [0.3, 0.4) is 0 Å². The fraction of sp³-hybridized carbons (Fsp3) is 0.467. The molecule has 0 spiro atoms. The molecule has 6 heteroatoms. The number of aliphatic carboxylic acids is 1. The number of halogens is 1. The topological polar surface area (TPSA) is 66.8 Å². The summed E-state index contributed by atoms with van der Waals surface area (Å²) in [4.78, 5) is 24.6. The standard InChI is InChI=1S/C15H20ClNO4/c1-10(21-12-7-5-6-11(16)8-12)14(20)17(9-13(18)19)15(2,3)4/h5-8,10H,9H2,1-4H3,(H,18,19). The van der Waals surface area contributed by atoms with Gasteiger partial charge >= 0.3 is 5.97 Å². The third-order valence-electron chi connectivity index (χ3n) is 2.83. The first-order valence-electron chi connectivity index (χ1n) is 6.57. The Morgan fingerprint density at radius 1 is 1.38 bits per heavy atom. The summed E-state index contributed by atoms with van der Waals surface area (Å²) in [6, 6.07) is 6.71. The van der Waals surface area contributed by atoms with Crippen LogP contribution >= 0.6 is 11.6 Å². The van der Waals surface area contributed by atoms with E-state index in [0.717, 1.165) is 0 Å². The molecule has 0 saturated carbocycles. The summed E-state index contributed by atoms with van der Waals surface area (Å²) in [6.45, 7) is 6.55. The summed E-state index contributed by atoms with van der Waals surface area (Å²) in [5, 5.41) is 9.46. The Labute approximate surface area is 129 Å². The van der Waals surface area contributed by atoms with Gasteiger partial charge in [0.2, 0.25) is 0 Å². The molecule has 0 aromatic heterocycles. The number of nitrogens with zero attached hydrogens (tertiary/aromatic N) is 1. The van der Waals surface area contributed by atoms with E-state index in [0.29, 0.717) is 10.8 Å². The molecule has 21 heavy (non-hydrogen) atoms. The van der Waals surface area contributed by atoms with Crippen molar-refractivity contribution in [3.05, 3.63) is 29.3 Å². The molecule has 5 nitrogen and oxygen atoms in total. The quantitative estimate of drug-likeness (QED) is 0.907. The van der Waals surface area contributed by atoms with E-state index in [-0.39, 0.29) is 12.5 Å². The van der Waals surface area contributed by atoms with E-state index in [4.69, 9.17) is 21.4 Å². The zero-order valence-electron chi connectivity index (χ0n) is 12.6.